The molecule has 0 heterocycles. The van der Waals surface area contributed by atoms with Gasteiger partial charge in [0.2, 0.25) is 0 Å². The SMILES string of the molecule is CC(C)Oc1cccc(CNCc2ccc(F)cc2)c1. The third kappa shape index (κ3) is 4.67. The fraction of sp³-hybridized carbons (Fsp3) is 0.294. The summed E-state index contributed by atoms with van der Waals surface area (Å²) in [5.41, 5.74) is 2.24. The molecule has 0 aromatic heterocycles. The smallest absolute Gasteiger partial charge is 0.123 e. The highest BCUT2D eigenvalue weighted by atomic mass is 19.1. The molecule has 0 saturated heterocycles. The molecule has 3 heteroatoms. The van der Waals surface area contributed by atoms with Crippen LogP contribution in [-0.4, -0.2) is 6.10 Å². The van der Waals surface area contributed by atoms with Crippen molar-refractivity contribution in [2.75, 3.05) is 0 Å². The minimum absolute atomic E-state index is 0.178. The van der Waals surface area contributed by atoms with Gasteiger partial charge in [0.25, 0.3) is 0 Å². The molecule has 0 radical (unpaired) electrons. The molecule has 0 saturated carbocycles. The molecule has 2 rings (SSSR count). The van der Waals surface area contributed by atoms with Crippen LogP contribution in [0.2, 0.25) is 0 Å². The van der Waals surface area contributed by atoms with Gasteiger partial charge in [0.1, 0.15) is 11.6 Å². The second-order valence-electron chi connectivity index (χ2n) is 5.04. The summed E-state index contributed by atoms with van der Waals surface area (Å²) < 4.78 is 18.5. The highest BCUT2D eigenvalue weighted by molar-refractivity contribution is 5.28. The van der Waals surface area contributed by atoms with Crippen molar-refractivity contribution in [2.24, 2.45) is 0 Å². The van der Waals surface area contributed by atoms with Crippen molar-refractivity contribution < 1.29 is 9.13 Å². The predicted octanol–water partition coefficient (Wildman–Crippen LogP) is 3.90. The zero-order valence-electron chi connectivity index (χ0n) is 11.9. The van der Waals surface area contributed by atoms with Crippen molar-refractivity contribution in [3.63, 3.8) is 0 Å². The van der Waals surface area contributed by atoms with Gasteiger partial charge in [-0.1, -0.05) is 24.3 Å². The number of halogens is 1. The van der Waals surface area contributed by atoms with Gasteiger partial charge in [-0.15, -0.1) is 0 Å². The Kier molecular flexibility index (Phi) is 5.13. The normalized spacial score (nSPS) is 10.8. The second-order valence-corrected chi connectivity index (χ2v) is 5.04. The number of benzene rings is 2. The molecule has 0 aliphatic carbocycles. The summed E-state index contributed by atoms with van der Waals surface area (Å²) in [7, 11) is 0. The average Bonchev–Trinajstić information content (AvgIpc) is 2.41. The first-order valence-electron chi connectivity index (χ1n) is 6.84. The number of hydrogen-bond donors (Lipinski definition) is 1. The summed E-state index contributed by atoms with van der Waals surface area (Å²) in [6.45, 7) is 5.50. The Labute approximate surface area is 119 Å². The maximum Gasteiger partial charge on any atom is 0.123 e. The van der Waals surface area contributed by atoms with Gasteiger partial charge in [-0.05, 0) is 49.2 Å². The van der Waals surface area contributed by atoms with Gasteiger partial charge in [0.15, 0.2) is 0 Å². The van der Waals surface area contributed by atoms with Crippen LogP contribution in [0.15, 0.2) is 48.5 Å². The molecule has 2 aromatic carbocycles. The van der Waals surface area contributed by atoms with Crippen molar-refractivity contribution >= 4 is 0 Å². The summed E-state index contributed by atoms with van der Waals surface area (Å²) >= 11 is 0. The Morgan fingerprint density at radius 1 is 1.00 bits per heavy atom. The van der Waals surface area contributed by atoms with Crippen molar-refractivity contribution in [2.45, 2.75) is 33.0 Å². The van der Waals surface area contributed by atoms with Crippen LogP contribution in [0.4, 0.5) is 4.39 Å². The molecular formula is C17H20FNO. The fourth-order valence-corrected chi connectivity index (χ4v) is 1.95. The predicted molar refractivity (Wildman–Crippen MR) is 79.1 cm³/mol. The number of rotatable bonds is 6. The maximum absolute atomic E-state index is 12.8. The summed E-state index contributed by atoms with van der Waals surface area (Å²) in [5.74, 6) is 0.688. The van der Waals surface area contributed by atoms with E-state index in [1.807, 2.05) is 32.0 Å². The Balaban J connectivity index is 1.86. The van der Waals surface area contributed by atoms with Crippen molar-refractivity contribution in [1.29, 1.82) is 0 Å². The Morgan fingerprint density at radius 3 is 2.40 bits per heavy atom. The summed E-state index contributed by atoms with van der Waals surface area (Å²) in [6.07, 6.45) is 0.178. The first kappa shape index (κ1) is 14.5. The number of nitrogens with one attached hydrogen (secondary N) is 1. The highest BCUT2D eigenvalue weighted by Gasteiger charge is 2.00. The molecule has 0 aliphatic heterocycles. The standard InChI is InChI=1S/C17H20FNO/c1-13(2)20-17-5-3-4-15(10-17)12-19-11-14-6-8-16(18)9-7-14/h3-10,13,19H,11-12H2,1-2H3. The van der Waals surface area contributed by atoms with E-state index in [-0.39, 0.29) is 11.9 Å². The van der Waals surface area contributed by atoms with E-state index in [2.05, 4.69) is 11.4 Å². The van der Waals surface area contributed by atoms with E-state index in [0.29, 0.717) is 0 Å². The summed E-state index contributed by atoms with van der Waals surface area (Å²) in [4.78, 5) is 0. The molecule has 20 heavy (non-hydrogen) atoms. The van der Waals surface area contributed by atoms with Gasteiger partial charge in [-0.3, -0.25) is 0 Å². The van der Waals surface area contributed by atoms with Gasteiger partial charge in [-0.25, -0.2) is 4.39 Å². The Hall–Kier alpha value is -1.87. The van der Waals surface area contributed by atoms with E-state index in [1.165, 1.54) is 17.7 Å². The molecule has 0 atom stereocenters. The minimum atomic E-state index is -0.202. The van der Waals surface area contributed by atoms with Crippen LogP contribution in [0.25, 0.3) is 0 Å². The Morgan fingerprint density at radius 2 is 1.70 bits per heavy atom. The molecule has 1 N–H and O–H groups in total. The zero-order chi connectivity index (χ0) is 14.4. The molecule has 2 nitrogen and oxygen atoms in total. The van der Waals surface area contributed by atoms with Gasteiger partial charge >= 0.3 is 0 Å². The lowest BCUT2D eigenvalue weighted by atomic mass is 10.2. The molecule has 0 bridgehead atoms. The van der Waals surface area contributed by atoms with E-state index in [9.17, 15) is 4.39 Å². The Bertz CT molecular complexity index is 537. The maximum atomic E-state index is 12.8. The zero-order valence-corrected chi connectivity index (χ0v) is 11.9. The van der Waals surface area contributed by atoms with Crippen LogP contribution in [0.3, 0.4) is 0 Å². The quantitative estimate of drug-likeness (QED) is 0.861. The highest BCUT2D eigenvalue weighted by Crippen LogP contribution is 2.15. The molecule has 0 unspecified atom stereocenters. The van der Waals surface area contributed by atoms with Crippen LogP contribution >= 0.6 is 0 Å². The van der Waals surface area contributed by atoms with Crippen LogP contribution < -0.4 is 10.1 Å². The van der Waals surface area contributed by atoms with E-state index in [1.54, 1.807) is 12.1 Å². The van der Waals surface area contributed by atoms with Gasteiger partial charge in [0.05, 0.1) is 6.10 Å². The third-order valence-corrected chi connectivity index (χ3v) is 2.84. The van der Waals surface area contributed by atoms with E-state index in [0.717, 1.165) is 24.4 Å². The molecule has 0 amide bonds. The minimum Gasteiger partial charge on any atom is -0.491 e. The lowest BCUT2D eigenvalue weighted by Gasteiger charge is -2.11. The lowest BCUT2D eigenvalue weighted by molar-refractivity contribution is 0.242. The van der Waals surface area contributed by atoms with Crippen LogP contribution in [0.5, 0.6) is 5.75 Å². The number of hydrogen-bond acceptors (Lipinski definition) is 2. The van der Waals surface area contributed by atoms with Gasteiger partial charge < -0.3 is 10.1 Å². The van der Waals surface area contributed by atoms with Crippen molar-refractivity contribution in [3.8, 4) is 5.75 Å². The molecule has 0 spiro atoms. The fourth-order valence-electron chi connectivity index (χ4n) is 1.95. The monoisotopic (exact) mass is 273 g/mol. The molecular weight excluding hydrogens is 253 g/mol. The first-order chi connectivity index (χ1) is 9.63. The average molecular weight is 273 g/mol. The van der Waals surface area contributed by atoms with Gasteiger partial charge in [-0.2, -0.15) is 0 Å². The van der Waals surface area contributed by atoms with E-state index >= 15 is 0 Å². The number of ether oxygens (including phenoxy) is 1. The van der Waals surface area contributed by atoms with E-state index < -0.39 is 0 Å². The summed E-state index contributed by atoms with van der Waals surface area (Å²) in [6, 6.07) is 14.6. The lowest BCUT2D eigenvalue weighted by Crippen LogP contribution is -2.13. The topological polar surface area (TPSA) is 21.3 Å². The third-order valence-electron chi connectivity index (χ3n) is 2.84. The van der Waals surface area contributed by atoms with E-state index in [4.69, 9.17) is 4.74 Å². The first-order valence-corrected chi connectivity index (χ1v) is 6.84. The molecule has 0 aliphatic rings. The van der Waals surface area contributed by atoms with Crippen molar-refractivity contribution in [3.05, 3.63) is 65.5 Å². The van der Waals surface area contributed by atoms with Crippen LogP contribution in [0.1, 0.15) is 25.0 Å². The molecule has 2 aromatic rings. The molecule has 106 valence electrons. The second kappa shape index (κ2) is 7.06. The van der Waals surface area contributed by atoms with Crippen molar-refractivity contribution in [1.82, 2.24) is 5.32 Å². The van der Waals surface area contributed by atoms with Crippen LogP contribution in [0, 0.1) is 5.82 Å². The van der Waals surface area contributed by atoms with Gasteiger partial charge in [0, 0.05) is 13.1 Å². The van der Waals surface area contributed by atoms with Crippen LogP contribution in [-0.2, 0) is 13.1 Å². The largest absolute Gasteiger partial charge is 0.491 e. The summed E-state index contributed by atoms with van der Waals surface area (Å²) in [5, 5.41) is 3.34. The molecule has 0 fully saturated rings.